The standard InChI is InChI=1S/C20H31NO4/c1-15(2)20(25)21-12-10-8-6-4-3-5-7-9-11-16-13-17(22)19(24)18(23)14-16/h13-14,22-24H,1,3-12H2,2H3,(H,21,25). The summed E-state index contributed by atoms with van der Waals surface area (Å²) in [6.45, 7) is 6.03. The van der Waals surface area contributed by atoms with E-state index in [9.17, 15) is 20.1 Å². The minimum absolute atomic E-state index is 0.0599. The van der Waals surface area contributed by atoms with Crippen LogP contribution in [0.1, 0.15) is 63.9 Å². The van der Waals surface area contributed by atoms with Gasteiger partial charge in [-0.15, -0.1) is 0 Å². The van der Waals surface area contributed by atoms with Gasteiger partial charge >= 0.3 is 0 Å². The molecule has 0 aliphatic heterocycles. The summed E-state index contributed by atoms with van der Waals surface area (Å²) in [7, 11) is 0. The molecule has 1 aromatic rings. The van der Waals surface area contributed by atoms with Crippen LogP contribution >= 0.6 is 0 Å². The van der Waals surface area contributed by atoms with Gasteiger partial charge in [-0.1, -0.05) is 45.1 Å². The minimum atomic E-state index is -0.456. The molecule has 1 aromatic carbocycles. The predicted octanol–water partition coefficient (Wildman–Crippen LogP) is 4.16. The second-order valence-corrected chi connectivity index (χ2v) is 6.60. The van der Waals surface area contributed by atoms with Gasteiger partial charge in [0.1, 0.15) is 0 Å². The van der Waals surface area contributed by atoms with Crippen molar-refractivity contribution < 1.29 is 20.1 Å². The van der Waals surface area contributed by atoms with Gasteiger partial charge in [0.05, 0.1) is 0 Å². The highest BCUT2D eigenvalue weighted by atomic mass is 16.3. The highest BCUT2D eigenvalue weighted by Gasteiger charge is 2.07. The van der Waals surface area contributed by atoms with E-state index in [2.05, 4.69) is 11.9 Å². The fraction of sp³-hybridized carbons (Fsp3) is 0.550. The molecule has 0 aliphatic rings. The van der Waals surface area contributed by atoms with Crippen molar-refractivity contribution in [2.75, 3.05) is 6.54 Å². The lowest BCUT2D eigenvalue weighted by Gasteiger charge is -2.06. The van der Waals surface area contributed by atoms with Crippen LogP contribution in [0.25, 0.3) is 0 Å². The first-order valence-corrected chi connectivity index (χ1v) is 9.09. The van der Waals surface area contributed by atoms with Gasteiger partial charge < -0.3 is 20.6 Å². The summed E-state index contributed by atoms with van der Waals surface area (Å²) < 4.78 is 0. The fourth-order valence-electron chi connectivity index (χ4n) is 2.67. The number of hydrogen-bond donors (Lipinski definition) is 4. The van der Waals surface area contributed by atoms with Gasteiger partial charge in [0.25, 0.3) is 0 Å². The first-order valence-electron chi connectivity index (χ1n) is 9.09. The van der Waals surface area contributed by atoms with Crippen molar-refractivity contribution >= 4 is 5.91 Å². The van der Waals surface area contributed by atoms with Gasteiger partial charge in [-0.05, 0) is 43.9 Å². The molecule has 140 valence electrons. The van der Waals surface area contributed by atoms with Gasteiger partial charge in [-0.25, -0.2) is 0 Å². The monoisotopic (exact) mass is 349 g/mol. The number of hydrogen-bond acceptors (Lipinski definition) is 4. The van der Waals surface area contributed by atoms with E-state index in [1.165, 1.54) is 37.8 Å². The SMILES string of the molecule is C=C(C)C(=O)NCCCCCCCCCCc1cc(O)c(O)c(O)c1. The number of benzene rings is 1. The topological polar surface area (TPSA) is 89.8 Å². The normalized spacial score (nSPS) is 10.6. The highest BCUT2D eigenvalue weighted by Crippen LogP contribution is 2.35. The van der Waals surface area contributed by atoms with Crippen molar-refractivity contribution in [3.63, 3.8) is 0 Å². The summed E-state index contributed by atoms with van der Waals surface area (Å²) in [4.78, 5) is 11.3. The van der Waals surface area contributed by atoms with Crippen molar-refractivity contribution in [2.45, 2.75) is 64.7 Å². The van der Waals surface area contributed by atoms with Crippen LogP contribution in [0.2, 0.25) is 0 Å². The second kappa shape index (κ2) is 11.4. The Hall–Kier alpha value is -2.17. The van der Waals surface area contributed by atoms with E-state index in [-0.39, 0.29) is 17.4 Å². The molecule has 0 radical (unpaired) electrons. The number of carbonyl (C=O) groups excluding carboxylic acids is 1. The molecule has 0 aromatic heterocycles. The zero-order valence-electron chi connectivity index (χ0n) is 15.2. The Morgan fingerprint density at radius 3 is 1.92 bits per heavy atom. The lowest BCUT2D eigenvalue weighted by Crippen LogP contribution is -2.24. The highest BCUT2D eigenvalue weighted by molar-refractivity contribution is 5.91. The van der Waals surface area contributed by atoms with Crippen LogP contribution in [0.3, 0.4) is 0 Å². The Labute approximate surface area is 150 Å². The summed E-state index contributed by atoms with van der Waals surface area (Å²) in [6, 6.07) is 3.00. The molecule has 0 saturated heterocycles. The molecule has 0 unspecified atom stereocenters. The number of phenols is 3. The molecule has 1 rings (SSSR count). The van der Waals surface area contributed by atoms with Crippen molar-refractivity contribution in [1.29, 1.82) is 0 Å². The molecule has 0 atom stereocenters. The minimum Gasteiger partial charge on any atom is -0.504 e. The third kappa shape index (κ3) is 8.47. The van der Waals surface area contributed by atoms with Crippen molar-refractivity contribution in [3.8, 4) is 17.2 Å². The summed E-state index contributed by atoms with van der Waals surface area (Å²) in [6.07, 6.45) is 9.78. The van der Waals surface area contributed by atoms with Gasteiger partial charge in [0, 0.05) is 12.1 Å². The maximum atomic E-state index is 11.3. The molecule has 5 heteroatoms. The first-order chi connectivity index (χ1) is 11.9. The van der Waals surface area contributed by atoms with Gasteiger partial charge in [-0.3, -0.25) is 4.79 Å². The van der Waals surface area contributed by atoms with E-state index >= 15 is 0 Å². The summed E-state index contributed by atoms with van der Waals surface area (Å²) in [5, 5.41) is 31.1. The van der Waals surface area contributed by atoms with Crippen LogP contribution in [0.5, 0.6) is 17.2 Å². The Morgan fingerprint density at radius 2 is 1.40 bits per heavy atom. The van der Waals surface area contributed by atoms with Gasteiger partial charge in [0.15, 0.2) is 17.2 Å². The molecule has 4 N–H and O–H groups in total. The lowest BCUT2D eigenvalue weighted by atomic mass is 10.0. The summed E-state index contributed by atoms with van der Waals surface area (Å²) in [5.41, 5.74) is 1.39. The number of phenolic OH excluding ortho intramolecular Hbond substituents is 3. The number of aryl methyl sites for hydroxylation is 1. The fourth-order valence-corrected chi connectivity index (χ4v) is 2.67. The average molecular weight is 349 g/mol. The number of unbranched alkanes of at least 4 members (excludes halogenated alkanes) is 7. The van der Waals surface area contributed by atoms with Crippen LogP contribution in [-0.2, 0) is 11.2 Å². The van der Waals surface area contributed by atoms with E-state index in [4.69, 9.17) is 0 Å². The quantitative estimate of drug-likeness (QED) is 0.259. The Bertz CT molecular complexity index is 546. The van der Waals surface area contributed by atoms with Crippen LogP contribution in [0.4, 0.5) is 0 Å². The van der Waals surface area contributed by atoms with E-state index in [0.717, 1.165) is 44.2 Å². The molecule has 0 bridgehead atoms. The maximum Gasteiger partial charge on any atom is 0.246 e. The first kappa shape index (κ1) is 20.9. The average Bonchev–Trinajstić information content (AvgIpc) is 2.57. The van der Waals surface area contributed by atoms with Crippen molar-refractivity contribution in [1.82, 2.24) is 5.32 Å². The Morgan fingerprint density at radius 1 is 0.920 bits per heavy atom. The molecular weight excluding hydrogens is 318 g/mol. The number of amides is 1. The Kier molecular flexibility index (Phi) is 9.51. The van der Waals surface area contributed by atoms with Crippen LogP contribution < -0.4 is 5.32 Å². The molecule has 25 heavy (non-hydrogen) atoms. The second-order valence-electron chi connectivity index (χ2n) is 6.60. The van der Waals surface area contributed by atoms with Crippen LogP contribution in [0, 0.1) is 0 Å². The molecule has 0 fully saturated rings. The van der Waals surface area contributed by atoms with E-state index in [1.54, 1.807) is 6.92 Å². The smallest absolute Gasteiger partial charge is 0.246 e. The number of rotatable bonds is 12. The van der Waals surface area contributed by atoms with Gasteiger partial charge in [0.2, 0.25) is 5.91 Å². The maximum absolute atomic E-state index is 11.3. The van der Waals surface area contributed by atoms with Crippen LogP contribution in [-0.4, -0.2) is 27.8 Å². The van der Waals surface area contributed by atoms with Crippen molar-refractivity contribution in [3.05, 3.63) is 29.8 Å². The third-order valence-corrected chi connectivity index (χ3v) is 4.19. The summed E-state index contributed by atoms with van der Waals surface area (Å²) in [5.74, 6) is -1.05. The van der Waals surface area contributed by atoms with E-state index < -0.39 is 5.75 Å². The molecule has 5 nitrogen and oxygen atoms in total. The molecule has 0 saturated carbocycles. The number of nitrogens with one attached hydrogen (secondary N) is 1. The molecule has 0 heterocycles. The van der Waals surface area contributed by atoms with Crippen LogP contribution in [0.15, 0.2) is 24.3 Å². The third-order valence-electron chi connectivity index (χ3n) is 4.19. The lowest BCUT2D eigenvalue weighted by molar-refractivity contribution is -0.117. The van der Waals surface area contributed by atoms with E-state index in [1.807, 2.05) is 0 Å². The molecule has 1 amide bonds. The summed E-state index contributed by atoms with van der Waals surface area (Å²) >= 11 is 0. The molecule has 0 spiro atoms. The number of aromatic hydroxyl groups is 3. The van der Waals surface area contributed by atoms with Gasteiger partial charge in [-0.2, -0.15) is 0 Å². The molecule has 0 aliphatic carbocycles. The zero-order valence-corrected chi connectivity index (χ0v) is 15.2. The zero-order chi connectivity index (χ0) is 18.7. The Balaban J connectivity index is 1.97. The van der Waals surface area contributed by atoms with Crippen molar-refractivity contribution in [2.24, 2.45) is 0 Å². The predicted molar refractivity (Wildman–Crippen MR) is 99.9 cm³/mol. The largest absolute Gasteiger partial charge is 0.504 e. The van der Waals surface area contributed by atoms with E-state index in [0.29, 0.717) is 5.57 Å². The molecular formula is C20H31NO4. The number of carbonyl (C=O) groups is 1.